The number of thiophene rings is 1. The molecule has 0 radical (unpaired) electrons. The number of aryl methyl sites for hydroxylation is 1. The zero-order valence-electron chi connectivity index (χ0n) is 12.9. The zero-order valence-corrected chi connectivity index (χ0v) is 13.7. The SMILES string of the molecule is Cc1ccccc1Oc1cc(-n2cnc3ccccc32)sc1C#N. The van der Waals surface area contributed by atoms with Gasteiger partial charge < -0.3 is 4.74 Å². The molecular formula is C19H13N3OS. The number of nitrogens with zero attached hydrogens (tertiary/aromatic N) is 3. The Hall–Kier alpha value is -3.10. The molecule has 0 saturated carbocycles. The minimum absolute atomic E-state index is 0.547. The van der Waals surface area contributed by atoms with Gasteiger partial charge in [0.15, 0.2) is 5.75 Å². The topological polar surface area (TPSA) is 50.8 Å². The molecule has 116 valence electrons. The van der Waals surface area contributed by atoms with Gasteiger partial charge in [-0.3, -0.25) is 4.57 Å². The average Bonchev–Trinajstić information content (AvgIpc) is 3.20. The van der Waals surface area contributed by atoms with Crippen molar-refractivity contribution < 1.29 is 4.74 Å². The molecule has 0 bridgehead atoms. The molecule has 4 aromatic rings. The first-order chi connectivity index (χ1) is 11.8. The number of ether oxygens (including phenoxy) is 1. The van der Waals surface area contributed by atoms with E-state index in [0.29, 0.717) is 10.6 Å². The highest BCUT2D eigenvalue weighted by molar-refractivity contribution is 7.15. The van der Waals surface area contributed by atoms with Gasteiger partial charge in [-0.05, 0) is 30.7 Å². The van der Waals surface area contributed by atoms with Crippen molar-refractivity contribution in [1.82, 2.24) is 9.55 Å². The lowest BCUT2D eigenvalue weighted by molar-refractivity contribution is 0.480. The standard InChI is InChI=1S/C19H13N3OS/c1-13-6-2-5-9-16(13)23-17-10-19(24-18(17)11-20)22-12-21-14-7-3-4-8-15(14)22/h2-10,12H,1H3. The van der Waals surface area contributed by atoms with E-state index in [9.17, 15) is 5.26 Å². The zero-order chi connectivity index (χ0) is 16.5. The second-order valence-corrected chi connectivity index (χ2v) is 6.39. The Morgan fingerprint density at radius 3 is 2.71 bits per heavy atom. The lowest BCUT2D eigenvalue weighted by Crippen LogP contribution is -1.88. The Morgan fingerprint density at radius 1 is 1.08 bits per heavy atom. The van der Waals surface area contributed by atoms with Gasteiger partial charge in [0.05, 0.1) is 11.0 Å². The lowest BCUT2D eigenvalue weighted by atomic mass is 10.2. The smallest absolute Gasteiger partial charge is 0.158 e. The molecule has 2 aromatic heterocycles. The van der Waals surface area contributed by atoms with Crippen molar-refractivity contribution in [2.24, 2.45) is 0 Å². The van der Waals surface area contributed by atoms with Crippen molar-refractivity contribution in [1.29, 1.82) is 5.26 Å². The molecule has 2 heterocycles. The van der Waals surface area contributed by atoms with Gasteiger partial charge in [-0.15, -0.1) is 11.3 Å². The number of aromatic nitrogens is 2. The van der Waals surface area contributed by atoms with Crippen LogP contribution in [0.15, 0.2) is 60.9 Å². The van der Waals surface area contributed by atoms with E-state index in [1.165, 1.54) is 11.3 Å². The fourth-order valence-electron chi connectivity index (χ4n) is 2.56. The van der Waals surface area contributed by atoms with Crippen LogP contribution in [0.5, 0.6) is 11.5 Å². The Kier molecular flexibility index (Phi) is 3.52. The van der Waals surface area contributed by atoms with Crippen LogP contribution in [-0.2, 0) is 0 Å². The molecule has 0 fully saturated rings. The van der Waals surface area contributed by atoms with E-state index in [1.807, 2.05) is 66.1 Å². The minimum atomic E-state index is 0.547. The van der Waals surface area contributed by atoms with Crippen molar-refractivity contribution >= 4 is 22.4 Å². The van der Waals surface area contributed by atoms with Gasteiger partial charge in [0.25, 0.3) is 0 Å². The summed E-state index contributed by atoms with van der Waals surface area (Å²) in [7, 11) is 0. The molecule has 24 heavy (non-hydrogen) atoms. The van der Waals surface area contributed by atoms with Gasteiger partial charge in [-0.25, -0.2) is 4.98 Å². The van der Waals surface area contributed by atoms with Crippen molar-refractivity contribution in [2.75, 3.05) is 0 Å². The third kappa shape index (κ3) is 2.43. The summed E-state index contributed by atoms with van der Waals surface area (Å²) in [6.45, 7) is 1.98. The van der Waals surface area contributed by atoms with Crippen molar-refractivity contribution in [3.05, 3.63) is 71.4 Å². The summed E-state index contributed by atoms with van der Waals surface area (Å²) >= 11 is 1.39. The molecule has 0 atom stereocenters. The summed E-state index contributed by atoms with van der Waals surface area (Å²) in [6, 6.07) is 19.8. The summed E-state index contributed by atoms with van der Waals surface area (Å²) in [5, 5.41) is 10.4. The Balaban J connectivity index is 1.78. The van der Waals surface area contributed by atoms with Gasteiger partial charge in [-0.1, -0.05) is 30.3 Å². The summed E-state index contributed by atoms with van der Waals surface area (Å²) in [5.41, 5.74) is 2.96. The molecule has 0 aliphatic rings. The molecule has 0 saturated heterocycles. The van der Waals surface area contributed by atoms with E-state index in [-0.39, 0.29) is 0 Å². The first-order valence-electron chi connectivity index (χ1n) is 7.46. The highest BCUT2D eigenvalue weighted by Crippen LogP contribution is 2.36. The molecule has 0 amide bonds. The van der Waals surface area contributed by atoms with Gasteiger partial charge in [0, 0.05) is 6.07 Å². The number of para-hydroxylation sites is 3. The Bertz CT molecular complexity index is 1070. The van der Waals surface area contributed by atoms with Crippen LogP contribution in [0.3, 0.4) is 0 Å². The highest BCUT2D eigenvalue weighted by Gasteiger charge is 2.14. The van der Waals surface area contributed by atoms with Crippen LogP contribution in [0.4, 0.5) is 0 Å². The number of nitriles is 1. The largest absolute Gasteiger partial charge is 0.455 e. The van der Waals surface area contributed by atoms with Gasteiger partial charge in [0.2, 0.25) is 0 Å². The number of hydrogen-bond acceptors (Lipinski definition) is 4. The maximum absolute atomic E-state index is 9.45. The molecule has 0 N–H and O–H groups in total. The fraction of sp³-hybridized carbons (Fsp3) is 0.0526. The number of imidazole rings is 1. The monoisotopic (exact) mass is 331 g/mol. The molecule has 0 aliphatic heterocycles. The summed E-state index contributed by atoms with van der Waals surface area (Å²) in [6.07, 6.45) is 1.77. The number of fused-ring (bicyclic) bond motifs is 1. The summed E-state index contributed by atoms with van der Waals surface area (Å²) in [4.78, 5) is 4.95. The summed E-state index contributed by atoms with van der Waals surface area (Å²) < 4.78 is 7.95. The van der Waals surface area contributed by atoms with Gasteiger partial charge in [0.1, 0.15) is 28.0 Å². The Morgan fingerprint density at radius 2 is 1.88 bits per heavy atom. The normalized spacial score (nSPS) is 10.7. The maximum Gasteiger partial charge on any atom is 0.158 e. The number of hydrogen-bond donors (Lipinski definition) is 0. The van der Waals surface area contributed by atoms with Crippen LogP contribution in [0, 0.1) is 18.3 Å². The van der Waals surface area contributed by atoms with Gasteiger partial charge in [-0.2, -0.15) is 5.26 Å². The quantitative estimate of drug-likeness (QED) is 0.527. The van der Waals surface area contributed by atoms with Crippen LogP contribution in [-0.4, -0.2) is 9.55 Å². The molecule has 4 rings (SSSR count). The molecule has 4 nitrogen and oxygen atoms in total. The van der Waals surface area contributed by atoms with E-state index in [0.717, 1.165) is 27.3 Å². The van der Waals surface area contributed by atoms with E-state index < -0.39 is 0 Å². The van der Waals surface area contributed by atoms with E-state index >= 15 is 0 Å². The molecule has 0 aliphatic carbocycles. The first kappa shape index (κ1) is 14.5. The lowest BCUT2D eigenvalue weighted by Gasteiger charge is -2.06. The van der Waals surface area contributed by atoms with Gasteiger partial charge >= 0.3 is 0 Å². The Labute approximate surface area is 143 Å². The van der Waals surface area contributed by atoms with E-state index in [1.54, 1.807) is 6.33 Å². The van der Waals surface area contributed by atoms with Crippen LogP contribution >= 0.6 is 11.3 Å². The highest BCUT2D eigenvalue weighted by atomic mass is 32.1. The molecule has 2 aromatic carbocycles. The van der Waals surface area contributed by atoms with E-state index in [4.69, 9.17) is 4.74 Å². The number of benzene rings is 2. The van der Waals surface area contributed by atoms with Crippen molar-refractivity contribution in [2.45, 2.75) is 6.92 Å². The predicted molar refractivity (Wildman–Crippen MR) is 94.9 cm³/mol. The third-order valence-electron chi connectivity index (χ3n) is 3.79. The first-order valence-corrected chi connectivity index (χ1v) is 8.28. The third-order valence-corrected chi connectivity index (χ3v) is 4.81. The van der Waals surface area contributed by atoms with Crippen molar-refractivity contribution in [3.8, 4) is 22.6 Å². The van der Waals surface area contributed by atoms with Crippen LogP contribution in [0.2, 0.25) is 0 Å². The molecule has 0 spiro atoms. The van der Waals surface area contributed by atoms with E-state index in [2.05, 4.69) is 11.1 Å². The maximum atomic E-state index is 9.45. The number of rotatable bonds is 3. The van der Waals surface area contributed by atoms with Crippen molar-refractivity contribution in [3.63, 3.8) is 0 Å². The average molecular weight is 331 g/mol. The fourth-order valence-corrected chi connectivity index (χ4v) is 3.42. The predicted octanol–water partition coefficient (Wildman–Crippen LogP) is 5.06. The summed E-state index contributed by atoms with van der Waals surface area (Å²) in [5.74, 6) is 1.33. The van der Waals surface area contributed by atoms with Crippen LogP contribution in [0.25, 0.3) is 16.0 Å². The molecular weight excluding hydrogens is 318 g/mol. The second-order valence-electron chi connectivity index (χ2n) is 5.36. The van der Waals surface area contributed by atoms with Crippen LogP contribution < -0.4 is 4.74 Å². The molecule has 5 heteroatoms. The second kappa shape index (κ2) is 5.84. The minimum Gasteiger partial charge on any atom is -0.455 e. The molecule has 0 unspecified atom stereocenters. The van der Waals surface area contributed by atoms with Crippen LogP contribution in [0.1, 0.15) is 10.4 Å².